The molecule has 0 bridgehead atoms. The van der Waals surface area contributed by atoms with Crippen LogP contribution in [0.25, 0.3) is 0 Å². The van der Waals surface area contributed by atoms with Gasteiger partial charge in [-0.15, -0.1) is 0 Å². The average molecular weight is 256 g/mol. The number of anilines is 1. The van der Waals surface area contributed by atoms with E-state index in [2.05, 4.69) is 36.5 Å². The first-order valence-corrected chi connectivity index (χ1v) is 6.69. The largest absolute Gasteiger partial charge is 0.377 e. The first-order chi connectivity index (χ1) is 9.20. The lowest BCUT2D eigenvalue weighted by atomic mass is 10.0. The lowest BCUT2D eigenvalue weighted by Crippen LogP contribution is -2.17. The Kier molecular flexibility index (Phi) is 4.39. The van der Waals surface area contributed by atoms with Crippen molar-refractivity contribution in [3.63, 3.8) is 0 Å². The molecule has 100 valence electrons. The Morgan fingerprint density at radius 1 is 1.16 bits per heavy atom. The molecular formula is C16H20N2O. The Morgan fingerprint density at radius 2 is 1.89 bits per heavy atom. The van der Waals surface area contributed by atoms with Crippen LogP contribution in [-0.2, 0) is 7.05 Å². The van der Waals surface area contributed by atoms with E-state index in [0.29, 0.717) is 0 Å². The Labute approximate surface area is 113 Å². The maximum Gasteiger partial charge on any atom is 0.250 e. The highest BCUT2D eigenvalue weighted by Gasteiger charge is 2.10. The summed E-state index contributed by atoms with van der Waals surface area (Å²) in [4.78, 5) is 11.4. The van der Waals surface area contributed by atoms with E-state index in [1.54, 1.807) is 17.7 Å². The summed E-state index contributed by atoms with van der Waals surface area (Å²) in [5.41, 5.74) is 2.26. The van der Waals surface area contributed by atoms with Gasteiger partial charge in [-0.25, -0.2) is 0 Å². The number of aromatic nitrogens is 1. The summed E-state index contributed by atoms with van der Waals surface area (Å²) in [7, 11) is 1.77. The van der Waals surface area contributed by atoms with E-state index in [-0.39, 0.29) is 11.6 Å². The van der Waals surface area contributed by atoms with E-state index in [9.17, 15) is 4.79 Å². The van der Waals surface area contributed by atoms with Crippen molar-refractivity contribution >= 4 is 5.69 Å². The van der Waals surface area contributed by atoms with Crippen molar-refractivity contribution in [1.29, 1.82) is 0 Å². The van der Waals surface area contributed by atoms with Crippen LogP contribution < -0.4 is 10.9 Å². The van der Waals surface area contributed by atoms with Gasteiger partial charge in [0.15, 0.2) is 0 Å². The standard InChI is InChI=1S/C16H20N2O/c1-3-7-15(13-8-5-4-6-9-13)17-14-10-11-16(19)18(2)12-14/h4-6,8-12,15,17H,3,7H2,1-2H3. The molecule has 1 aromatic heterocycles. The third-order valence-corrected chi connectivity index (χ3v) is 3.21. The molecule has 0 saturated heterocycles. The summed E-state index contributed by atoms with van der Waals surface area (Å²) < 4.78 is 1.59. The summed E-state index contributed by atoms with van der Waals surface area (Å²) in [6.07, 6.45) is 4.01. The van der Waals surface area contributed by atoms with E-state index >= 15 is 0 Å². The molecule has 0 aliphatic rings. The molecule has 0 spiro atoms. The minimum atomic E-state index is 0.0114. The van der Waals surface area contributed by atoms with Gasteiger partial charge in [0.1, 0.15) is 0 Å². The molecule has 0 aliphatic heterocycles. The van der Waals surface area contributed by atoms with Crippen LogP contribution in [0.4, 0.5) is 5.69 Å². The van der Waals surface area contributed by atoms with Crippen LogP contribution in [-0.4, -0.2) is 4.57 Å². The molecule has 0 radical (unpaired) electrons. The third kappa shape index (κ3) is 3.47. The number of pyridine rings is 1. The second-order valence-electron chi connectivity index (χ2n) is 4.76. The molecule has 3 heteroatoms. The van der Waals surface area contributed by atoms with Gasteiger partial charge in [0.2, 0.25) is 5.56 Å². The molecule has 1 unspecified atom stereocenters. The minimum absolute atomic E-state index is 0.0114. The van der Waals surface area contributed by atoms with Crippen molar-refractivity contribution in [2.24, 2.45) is 7.05 Å². The topological polar surface area (TPSA) is 34.0 Å². The van der Waals surface area contributed by atoms with Crippen LogP contribution in [0.3, 0.4) is 0 Å². The van der Waals surface area contributed by atoms with Gasteiger partial charge in [-0.3, -0.25) is 4.79 Å². The Balaban J connectivity index is 2.21. The monoisotopic (exact) mass is 256 g/mol. The van der Waals surface area contributed by atoms with Crippen molar-refractivity contribution in [1.82, 2.24) is 4.57 Å². The number of aryl methyl sites for hydroxylation is 1. The number of nitrogens with one attached hydrogen (secondary N) is 1. The van der Waals surface area contributed by atoms with Crippen molar-refractivity contribution < 1.29 is 0 Å². The molecule has 19 heavy (non-hydrogen) atoms. The maximum absolute atomic E-state index is 11.4. The molecule has 2 aromatic rings. The van der Waals surface area contributed by atoms with Crippen LogP contribution in [0.1, 0.15) is 31.4 Å². The summed E-state index contributed by atoms with van der Waals surface area (Å²) in [5, 5.41) is 3.50. The Morgan fingerprint density at radius 3 is 2.53 bits per heavy atom. The smallest absolute Gasteiger partial charge is 0.250 e. The summed E-state index contributed by atoms with van der Waals surface area (Å²) >= 11 is 0. The van der Waals surface area contributed by atoms with Gasteiger partial charge >= 0.3 is 0 Å². The normalized spacial score (nSPS) is 12.1. The molecule has 1 aromatic carbocycles. The first-order valence-electron chi connectivity index (χ1n) is 6.69. The van der Waals surface area contributed by atoms with Crippen LogP contribution in [0.5, 0.6) is 0 Å². The zero-order chi connectivity index (χ0) is 13.7. The van der Waals surface area contributed by atoms with Crippen LogP contribution >= 0.6 is 0 Å². The van der Waals surface area contributed by atoms with Gasteiger partial charge in [0, 0.05) is 19.3 Å². The van der Waals surface area contributed by atoms with E-state index in [1.807, 2.05) is 18.3 Å². The van der Waals surface area contributed by atoms with Gasteiger partial charge in [0.25, 0.3) is 0 Å². The summed E-state index contributed by atoms with van der Waals surface area (Å²) in [6, 6.07) is 14.1. The average Bonchev–Trinajstić information content (AvgIpc) is 2.43. The number of hydrogen-bond acceptors (Lipinski definition) is 2. The fourth-order valence-electron chi connectivity index (χ4n) is 2.18. The molecule has 1 heterocycles. The van der Waals surface area contributed by atoms with Crippen molar-refractivity contribution in [3.05, 3.63) is 64.6 Å². The Bertz CT molecular complexity index is 575. The van der Waals surface area contributed by atoms with E-state index in [1.165, 1.54) is 5.56 Å². The SMILES string of the molecule is CCCC(Nc1ccc(=O)n(C)c1)c1ccccc1. The molecule has 0 saturated carbocycles. The zero-order valence-corrected chi connectivity index (χ0v) is 11.5. The molecule has 2 rings (SSSR count). The quantitative estimate of drug-likeness (QED) is 0.890. The van der Waals surface area contributed by atoms with Crippen molar-refractivity contribution in [3.8, 4) is 0 Å². The maximum atomic E-state index is 11.4. The predicted molar refractivity (Wildman–Crippen MR) is 79.4 cm³/mol. The van der Waals surface area contributed by atoms with Gasteiger partial charge in [-0.1, -0.05) is 43.7 Å². The summed E-state index contributed by atoms with van der Waals surface area (Å²) in [5.74, 6) is 0. The lowest BCUT2D eigenvalue weighted by molar-refractivity contribution is 0.675. The van der Waals surface area contributed by atoms with Gasteiger partial charge in [-0.2, -0.15) is 0 Å². The molecule has 0 amide bonds. The third-order valence-electron chi connectivity index (χ3n) is 3.21. The van der Waals surface area contributed by atoms with Crippen molar-refractivity contribution in [2.75, 3.05) is 5.32 Å². The predicted octanol–water partition coefficient (Wildman–Crippen LogP) is 3.34. The van der Waals surface area contributed by atoms with Gasteiger partial charge < -0.3 is 9.88 Å². The molecule has 0 fully saturated rings. The fraction of sp³-hybridized carbons (Fsp3) is 0.312. The van der Waals surface area contributed by atoms with Crippen LogP contribution in [0, 0.1) is 0 Å². The zero-order valence-electron chi connectivity index (χ0n) is 11.5. The number of benzene rings is 1. The van der Waals surface area contributed by atoms with E-state index in [0.717, 1.165) is 18.5 Å². The lowest BCUT2D eigenvalue weighted by Gasteiger charge is -2.20. The minimum Gasteiger partial charge on any atom is -0.377 e. The van der Waals surface area contributed by atoms with Crippen LogP contribution in [0.15, 0.2) is 53.5 Å². The highest BCUT2D eigenvalue weighted by molar-refractivity contribution is 5.43. The molecule has 0 aliphatic carbocycles. The highest BCUT2D eigenvalue weighted by atomic mass is 16.1. The van der Waals surface area contributed by atoms with E-state index < -0.39 is 0 Å². The number of rotatable bonds is 5. The summed E-state index contributed by atoms with van der Waals surface area (Å²) in [6.45, 7) is 2.18. The molecule has 1 N–H and O–H groups in total. The van der Waals surface area contributed by atoms with Crippen LogP contribution in [0.2, 0.25) is 0 Å². The van der Waals surface area contributed by atoms with Crippen molar-refractivity contribution in [2.45, 2.75) is 25.8 Å². The molecule has 1 atom stereocenters. The number of hydrogen-bond donors (Lipinski definition) is 1. The van der Waals surface area contributed by atoms with Gasteiger partial charge in [-0.05, 0) is 18.1 Å². The highest BCUT2D eigenvalue weighted by Crippen LogP contribution is 2.23. The fourth-order valence-corrected chi connectivity index (χ4v) is 2.18. The van der Waals surface area contributed by atoms with E-state index in [4.69, 9.17) is 0 Å². The second kappa shape index (κ2) is 6.23. The first kappa shape index (κ1) is 13.4. The van der Waals surface area contributed by atoms with Gasteiger partial charge in [0.05, 0.1) is 11.7 Å². The molecule has 3 nitrogen and oxygen atoms in total. The molecular weight excluding hydrogens is 236 g/mol. The second-order valence-corrected chi connectivity index (χ2v) is 4.76. The number of nitrogens with zero attached hydrogens (tertiary/aromatic N) is 1. The Hall–Kier alpha value is -2.03.